The van der Waals surface area contributed by atoms with Crippen LogP contribution in [-0.2, 0) is 14.3 Å². The lowest BCUT2D eigenvalue weighted by atomic mass is 10.2. The van der Waals surface area contributed by atoms with Gasteiger partial charge in [0.05, 0.1) is 18.7 Å². The first kappa shape index (κ1) is 17.2. The van der Waals surface area contributed by atoms with Gasteiger partial charge in [0.2, 0.25) is 0 Å². The lowest BCUT2D eigenvalue weighted by Gasteiger charge is -2.14. The standard InChI is InChI=1S/C16H23NO4/c1-3-4-10-20-15(18)12-17-11-13(2)21-16(19)14-8-6-5-7-9-14/h5-9,13,17H,3-4,10-12H2,1-2H3. The van der Waals surface area contributed by atoms with E-state index in [1.807, 2.05) is 13.0 Å². The van der Waals surface area contributed by atoms with Crippen LogP contribution in [0.1, 0.15) is 37.0 Å². The number of nitrogens with one attached hydrogen (secondary N) is 1. The first-order valence-corrected chi connectivity index (χ1v) is 7.25. The maximum absolute atomic E-state index is 11.8. The molecule has 0 spiro atoms. The zero-order chi connectivity index (χ0) is 15.5. The van der Waals surface area contributed by atoms with Crippen molar-refractivity contribution in [2.75, 3.05) is 19.7 Å². The number of rotatable bonds is 9. The molecular formula is C16H23NO4. The minimum Gasteiger partial charge on any atom is -0.465 e. The number of hydrogen-bond acceptors (Lipinski definition) is 5. The van der Waals surface area contributed by atoms with Crippen LogP contribution in [0.2, 0.25) is 0 Å². The summed E-state index contributed by atoms with van der Waals surface area (Å²) in [7, 11) is 0. The Labute approximate surface area is 125 Å². The van der Waals surface area contributed by atoms with Crippen LogP contribution in [0.5, 0.6) is 0 Å². The quantitative estimate of drug-likeness (QED) is 0.558. The molecule has 0 aliphatic rings. The highest BCUT2D eigenvalue weighted by atomic mass is 16.5. The third kappa shape index (κ3) is 7.46. The molecule has 0 saturated carbocycles. The molecule has 21 heavy (non-hydrogen) atoms. The molecule has 1 unspecified atom stereocenters. The molecule has 0 aliphatic carbocycles. The normalized spacial score (nSPS) is 11.7. The maximum atomic E-state index is 11.8. The van der Waals surface area contributed by atoms with Crippen molar-refractivity contribution >= 4 is 11.9 Å². The fourth-order valence-corrected chi connectivity index (χ4v) is 1.63. The van der Waals surface area contributed by atoms with Gasteiger partial charge < -0.3 is 14.8 Å². The summed E-state index contributed by atoms with van der Waals surface area (Å²) >= 11 is 0. The van der Waals surface area contributed by atoms with Crippen molar-refractivity contribution in [1.82, 2.24) is 5.32 Å². The van der Waals surface area contributed by atoms with Crippen molar-refractivity contribution < 1.29 is 19.1 Å². The Morgan fingerprint density at radius 1 is 1.24 bits per heavy atom. The van der Waals surface area contributed by atoms with Crippen molar-refractivity contribution in [3.63, 3.8) is 0 Å². The zero-order valence-electron chi connectivity index (χ0n) is 12.6. The minimum absolute atomic E-state index is 0.122. The van der Waals surface area contributed by atoms with Gasteiger partial charge in [-0.3, -0.25) is 4.79 Å². The number of benzene rings is 1. The van der Waals surface area contributed by atoms with E-state index >= 15 is 0 Å². The zero-order valence-corrected chi connectivity index (χ0v) is 12.6. The molecule has 1 rings (SSSR count). The van der Waals surface area contributed by atoms with Gasteiger partial charge in [-0.05, 0) is 25.5 Å². The predicted molar refractivity (Wildman–Crippen MR) is 80.1 cm³/mol. The largest absolute Gasteiger partial charge is 0.465 e. The summed E-state index contributed by atoms with van der Waals surface area (Å²) in [6, 6.07) is 8.81. The second kappa shape index (κ2) is 9.94. The van der Waals surface area contributed by atoms with Crippen LogP contribution in [0, 0.1) is 0 Å². The van der Waals surface area contributed by atoms with Crippen molar-refractivity contribution in [2.45, 2.75) is 32.8 Å². The Balaban J connectivity index is 2.18. The van der Waals surface area contributed by atoms with E-state index in [2.05, 4.69) is 5.32 Å². The minimum atomic E-state index is -0.365. The van der Waals surface area contributed by atoms with Gasteiger partial charge in [-0.15, -0.1) is 0 Å². The van der Waals surface area contributed by atoms with Crippen molar-refractivity contribution in [3.8, 4) is 0 Å². The summed E-state index contributed by atoms with van der Waals surface area (Å²) in [4.78, 5) is 23.1. The molecule has 0 fully saturated rings. The molecule has 0 radical (unpaired) electrons. The Bertz CT molecular complexity index is 433. The predicted octanol–water partition coefficient (Wildman–Crippen LogP) is 2.16. The van der Waals surface area contributed by atoms with Crippen molar-refractivity contribution in [3.05, 3.63) is 35.9 Å². The first-order chi connectivity index (χ1) is 10.1. The van der Waals surface area contributed by atoms with Crippen LogP contribution >= 0.6 is 0 Å². The smallest absolute Gasteiger partial charge is 0.338 e. The number of carbonyl (C=O) groups excluding carboxylic acids is 2. The summed E-state index contributed by atoms with van der Waals surface area (Å²) in [5, 5.41) is 2.92. The highest BCUT2D eigenvalue weighted by molar-refractivity contribution is 5.89. The maximum Gasteiger partial charge on any atom is 0.338 e. The summed E-state index contributed by atoms with van der Waals surface area (Å²) in [6.45, 7) is 4.79. The molecule has 1 aromatic carbocycles. The fraction of sp³-hybridized carbons (Fsp3) is 0.500. The van der Waals surface area contributed by atoms with E-state index in [0.717, 1.165) is 12.8 Å². The van der Waals surface area contributed by atoms with Crippen LogP contribution in [0.15, 0.2) is 30.3 Å². The van der Waals surface area contributed by atoms with E-state index in [-0.39, 0.29) is 24.6 Å². The number of ether oxygens (including phenoxy) is 2. The summed E-state index contributed by atoms with van der Waals surface area (Å²) in [5.74, 6) is -0.652. The first-order valence-electron chi connectivity index (χ1n) is 7.25. The summed E-state index contributed by atoms with van der Waals surface area (Å²) in [6.07, 6.45) is 1.55. The Hall–Kier alpha value is -1.88. The summed E-state index contributed by atoms with van der Waals surface area (Å²) < 4.78 is 10.3. The average Bonchev–Trinajstić information content (AvgIpc) is 2.48. The second-order valence-corrected chi connectivity index (χ2v) is 4.79. The Morgan fingerprint density at radius 3 is 2.62 bits per heavy atom. The van der Waals surface area contributed by atoms with Crippen molar-refractivity contribution in [1.29, 1.82) is 0 Å². The molecule has 1 aromatic rings. The van der Waals surface area contributed by atoms with Gasteiger partial charge in [-0.2, -0.15) is 0 Å². The van der Waals surface area contributed by atoms with Crippen LogP contribution in [0.25, 0.3) is 0 Å². The molecule has 1 N–H and O–H groups in total. The van der Waals surface area contributed by atoms with Crippen LogP contribution < -0.4 is 5.32 Å². The van der Waals surface area contributed by atoms with Gasteiger partial charge in [-0.25, -0.2) is 4.79 Å². The Morgan fingerprint density at radius 2 is 1.95 bits per heavy atom. The number of unbranched alkanes of at least 4 members (excludes halogenated alkanes) is 1. The summed E-state index contributed by atoms with van der Waals surface area (Å²) in [5.41, 5.74) is 0.517. The Kier molecular flexibility index (Phi) is 8.12. The van der Waals surface area contributed by atoms with Gasteiger partial charge >= 0.3 is 11.9 Å². The van der Waals surface area contributed by atoms with E-state index < -0.39 is 0 Å². The number of hydrogen-bond donors (Lipinski definition) is 1. The molecule has 0 amide bonds. The monoisotopic (exact) mass is 293 g/mol. The van der Waals surface area contributed by atoms with E-state index in [1.54, 1.807) is 31.2 Å². The molecular weight excluding hydrogens is 270 g/mol. The van der Waals surface area contributed by atoms with Gasteiger partial charge in [-0.1, -0.05) is 31.5 Å². The van der Waals surface area contributed by atoms with Crippen LogP contribution in [-0.4, -0.2) is 37.7 Å². The molecule has 0 bridgehead atoms. The molecule has 0 heterocycles. The fourth-order valence-electron chi connectivity index (χ4n) is 1.63. The van der Waals surface area contributed by atoms with Gasteiger partial charge in [0, 0.05) is 6.54 Å². The van der Waals surface area contributed by atoms with Crippen LogP contribution in [0.3, 0.4) is 0 Å². The SMILES string of the molecule is CCCCOC(=O)CNCC(C)OC(=O)c1ccccc1. The van der Waals surface area contributed by atoms with Gasteiger partial charge in [0.1, 0.15) is 6.10 Å². The molecule has 1 atom stereocenters. The van der Waals surface area contributed by atoms with Crippen LogP contribution in [0.4, 0.5) is 0 Å². The average molecular weight is 293 g/mol. The lowest BCUT2D eigenvalue weighted by molar-refractivity contribution is -0.142. The molecule has 0 saturated heterocycles. The second-order valence-electron chi connectivity index (χ2n) is 4.79. The highest BCUT2D eigenvalue weighted by Crippen LogP contribution is 2.03. The molecule has 0 aromatic heterocycles. The van der Waals surface area contributed by atoms with E-state index in [1.165, 1.54) is 0 Å². The van der Waals surface area contributed by atoms with E-state index in [4.69, 9.17) is 9.47 Å². The molecule has 5 heteroatoms. The lowest BCUT2D eigenvalue weighted by Crippen LogP contribution is -2.33. The number of esters is 2. The van der Waals surface area contributed by atoms with Crippen molar-refractivity contribution in [2.24, 2.45) is 0 Å². The van der Waals surface area contributed by atoms with Gasteiger partial charge in [0.25, 0.3) is 0 Å². The molecule has 116 valence electrons. The molecule has 5 nitrogen and oxygen atoms in total. The third-order valence-electron chi connectivity index (χ3n) is 2.78. The van der Waals surface area contributed by atoms with E-state index in [9.17, 15) is 9.59 Å². The third-order valence-corrected chi connectivity index (χ3v) is 2.78. The van der Waals surface area contributed by atoms with Gasteiger partial charge in [0.15, 0.2) is 0 Å². The number of carbonyl (C=O) groups is 2. The highest BCUT2D eigenvalue weighted by Gasteiger charge is 2.11. The topological polar surface area (TPSA) is 64.6 Å². The molecule has 0 aliphatic heterocycles. The van der Waals surface area contributed by atoms with E-state index in [0.29, 0.717) is 18.7 Å².